The number of anilines is 2. The van der Waals surface area contributed by atoms with Crippen molar-refractivity contribution in [1.29, 1.82) is 0 Å². The summed E-state index contributed by atoms with van der Waals surface area (Å²) in [5.41, 5.74) is 5.76. The van der Waals surface area contributed by atoms with Gasteiger partial charge in [-0.2, -0.15) is 15.0 Å². The lowest BCUT2D eigenvalue weighted by molar-refractivity contribution is 0.122. The van der Waals surface area contributed by atoms with E-state index >= 15 is 0 Å². The average molecular weight is 283 g/mol. The van der Waals surface area contributed by atoms with Gasteiger partial charge in [0.15, 0.2) is 5.16 Å². The van der Waals surface area contributed by atoms with Gasteiger partial charge in [-0.3, -0.25) is 0 Å². The number of morpholine rings is 1. The van der Waals surface area contributed by atoms with Gasteiger partial charge < -0.3 is 15.4 Å². The van der Waals surface area contributed by atoms with Crippen molar-refractivity contribution in [2.45, 2.75) is 31.3 Å². The Bertz CT molecular complexity index is 398. The zero-order chi connectivity index (χ0) is 13.5. The fourth-order valence-electron chi connectivity index (χ4n) is 1.85. The van der Waals surface area contributed by atoms with Crippen molar-refractivity contribution in [2.75, 3.05) is 42.7 Å². The second kappa shape index (κ2) is 7.49. The topological polar surface area (TPSA) is 77.2 Å². The van der Waals surface area contributed by atoms with E-state index in [1.54, 1.807) is 11.8 Å². The molecule has 1 aliphatic heterocycles. The third kappa shape index (κ3) is 4.50. The number of ether oxygens (including phenoxy) is 1. The second-order valence-corrected chi connectivity index (χ2v) is 5.49. The molecule has 0 aromatic carbocycles. The van der Waals surface area contributed by atoms with Gasteiger partial charge in [-0.1, -0.05) is 31.5 Å². The summed E-state index contributed by atoms with van der Waals surface area (Å²) in [6.45, 7) is 5.24. The maximum atomic E-state index is 5.76. The molecule has 2 heterocycles. The Hall–Kier alpha value is -1.08. The zero-order valence-corrected chi connectivity index (χ0v) is 12.2. The summed E-state index contributed by atoms with van der Waals surface area (Å²) in [5, 5.41) is 0.727. The molecule has 0 unspecified atom stereocenters. The van der Waals surface area contributed by atoms with Crippen molar-refractivity contribution in [3.63, 3.8) is 0 Å². The quantitative estimate of drug-likeness (QED) is 0.627. The molecule has 2 N–H and O–H groups in total. The average Bonchev–Trinajstić information content (AvgIpc) is 2.44. The van der Waals surface area contributed by atoms with Gasteiger partial charge in [0.1, 0.15) is 0 Å². The number of aromatic nitrogens is 3. The van der Waals surface area contributed by atoms with Gasteiger partial charge in [-0.15, -0.1) is 0 Å². The molecule has 2 rings (SSSR count). The molecule has 0 spiro atoms. The predicted octanol–water partition coefficient (Wildman–Crippen LogP) is 1.57. The van der Waals surface area contributed by atoms with Crippen LogP contribution in [0.25, 0.3) is 0 Å². The van der Waals surface area contributed by atoms with Crippen LogP contribution >= 0.6 is 11.8 Å². The van der Waals surface area contributed by atoms with E-state index in [0.717, 1.165) is 24.0 Å². The Kier molecular flexibility index (Phi) is 5.65. The minimum atomic E-state index is 0.300. The van der Waals surface area contributed by atoms with Crippen molar-refractivity contribution in [3.8, 4) is 0 Å². The van der Waals surface area contributed by atoms with E-state index in [1.807, 2.05) is 0 Å². The first kappa shape index (κ1) is 14.3. The summed E-state index contributed by atoms with van der Waals surface area (Å²) in [6.07, 6.45) is 3.64. The van der Waals surface area contributed by atoms with E-state index < -0.39 is 0 Å². The molecule has 6 nitrogen and oxygen atoms in total. The van der Waals surface area contributed by atoms with Crippen LogP contribution in [0.2, 0.25) is 0 Å². The monoisotopic (exact) mass is 283 g/mol. The van der Waals surface area contributed by atoms with E-state index in [2.05, 4.69) is 26.8 Å². The van der Waals surface area contributed by atoms with Crippen LogP contribution in [-0.4, -0.2) is 47.0 Å². The second-order valence-electron chi connectivity index (χ2n) is 4.43. The van der Waals surface area contributed by atoms with E-state index in [4.69, 9.17) is 10.5 Å². The Morgan fingerprint density at radius 3 is 2.74 bits per heavy atom. The lowest BCUT2D eigenvalue weighted by Crippen LogP contribution is -2.37. The van der Waals surface area contributed by atoms with Crippen molar-refractivity contribution in [3.05, 3.63) is 0 Å². The number of unbranched alkanes of at least 4 members (excludes halogenated alkanes) is 2. The highest BCUT2D eigenvalue weighted by Crippen LogP contribution is 2.19. The van der Waals surface area contributed by atoms with Crippen LogP contribution in [0.4, 0.5) is 11.9 Å². The maximum Gasteiger partial charge on any atom is 0.231 e. The first-order valence-corrected chi connectivity index (χ1v) is 7.75. The minimum absolute atomic E-state index is 0.300. The van der Waals surface area contributed by atoms with Gasteiger partial charge in [-0.05, 0) is 6.42 Å². The summed E-state index contributed by atoms with van der Waals surface area (Å²) in [7, 11) is 0. The summed E-state index contributed by atoms with van der Waals surface area (Å²) in [4.78, 5) is 15.0. The number of hydrogen-bond acceptors (Lipinski definition) is 7. The molecule has 0 saturated carbocycles. The summed E-state index contributed by atoms with van der Waals surface area (Å²) >= 11 is 1.65. The van der Waals surface area contributed by atoms with Crippen molar-refractivity contribution < 1.29 is 4.74 Å². The van der Waals surface area contributed by atoms with Crippen LogP contribution in [0.3, 0.4) is 0 Å². The highest BCUT2D eigenvalue weighted by molar-refractivity contribution is 7.99. The first-order chi connectivity index (χ1) is 9.29. The molecule has 19 heavy (non-hydrogen) atoms. The molecule has 106 valence electrons. The smallest absolute Gasteiger partial charge is 0.231 e. The third-order valence-electron chi connectivity index (χ3n) is 2.89. The lowest BCUT2D eigenvalue weighted by Gasteiger charge is -2.26. The normalized spacial score (nSPS) is 15.7. The summed E-state index contributed by atoms with van der Waals surface area (Å²) < 4.78 is 5.32. The Morgan fingerprint density at radius 2 is 2.00 bits per heavy atom. The van der Waals surface area contributed by atoms with Gasteiger partial charge in [0.25, 0.3) is 0 Å². The number of rotatable bonds is 6. The highest BCUT2D eigenvalue weighted by Gasteiger charge is 2.15. The van der Waals surface area contributed by atoms with Gasteiger partial charge in [-0.25, -0.2) is 0 Å². The predicted molar refractivity (Wildman–Crippen MR) is 77.5 cm³/mol. The molecule has 0 atom stereocenters. The van der Waals surface area contributed by atoms with E-state index in [0.29, 0.717) is 25.1 Å². The fraction of sp³-hybridized carbons (Fsp3) is 0.750. The Balaban J connectivity index is 1.97. The lowest BCUT2D eigenvalue weighted by atomic mass is 10.3. The molecule has 1 saturated heterocycles. The number of nitrogens with zero attached hydrogens (tertiary/aromatic N) is 4. The van der Waals surface area contributed by atoms with Crippen LogP contribution in [-0.2, 0) is 4.74 Å². The molecular weight excluding hydrogens is 262 g/mol. The van der Waals surface area contributed by atoms with Gasteiger partial charge in [0.05, 0.1) is 13.2 Å². The molecule has 1 aromatic heterocycles. The molecule has 0 radical (unpaired) electrons. The van der Waals surface area contributed by atoms with Gasteiger partial charge >= 0.3 is 0 Å². The zero-order valence-electron chi connectivity index (χ0n) is 11.3. The van der Waals surface area contributed by atoms with Gasteiger partial charge in [0.2, 0.25) is 11.9 Å². The Labute approximate surface area is 118 Å². The molecule has 0 bridgehead atoms. The number of hydrogen-bond donors (Lipinski definition) is 1. The third-order valence-corrected chi connectivity index (χ3v) is 3.83. The van der Waals surface area contributed by atoms with Gasteiger partial charge in [0, 0.05) is 18.8 Å². The summed E-state index contributed by atoms with van der Waals surface area (Å²) in [5.74, 6) is 2.00. The molecule has 1 aromatic rings. The van der Waals surface area contributed by atoms with Crippen LogP contribution in [0.1, 0.15) is 26.2 Å². The molecule has 0 aliphatic carbocycles. The number of nitrogen functional groups attached to an aromatic ring is 1. The molecule has 1 fully saturated rings. The van der Waals surface area contributed by atoms with Crippen LogP contribution in [0.15, 0.2) is 5.16 Å². The van der Waals surface area contributed by atoms with Crippen LogP contribution < -0.4 is 10.6 Å². The van der Waals surface area contributed by atoms with Crippen molar-refractivity contribution in [2.24, 2.45) is 0 Å². The van der Waals surface area contributed by atoms with Crippen LogP contribution in [0.5, 0.6) is 0 Å². The Morgan fingerprint density at radius 1 is 1.21 bits per heavy atom. The van der Waals surface area contributed by atoms with E-state index in [9.17, 15) is 0 Å². The molecule has 7 heteroatoms. The number of thioether (sulfide) groups is 1. The van der Waals surface area contributed by atoms with E-state index in [1.165, 1.54) is 19.3 Å². The summed E-state index contributed by atoms with van der Waals surface area (Å²) in [6, 6.07) is 0. The minimum Gasteiger partial charge on any atom is -0.378 e. The molecular formula is C12H21N5OS. The SMILES string of the molecule is CCCCCSc1nc(N)nc(N2CCOCC2)n1. The molecule has 1 aliphatic rings. The number of nitrogens with two attached hydrogens (primary N) is 1. The van der Waals surface area contributed by atoms with E-state index in [-0.39, 0.29) is 0 Å². The first-order valence-electron chi connectivity index (χ1n) is 6.76. The standard InChI is InChI=1S/C12H21N5OS/c1-2-3-4-9-19-12-15-10(13)14-11(16-12)17-5-7-18-8-6-17/h2-9H2,1H3,(H2,13,14,15,16). The fourth-order valence-corrected chi connectivity index (χ4v) is 2.68. The van der Waals surface area contributed by atoms with Crippen molar-refractivity contribution in [1.82, 2.24) is 15.0 Å². The van der Waals surface area contributed by atoms with Crippen LogP contribution in [0, 0.1) is 0 Å². The highest BCUT2D eigenvalue weighted by atomic mass is 32.2. The maximum absolute atomic E-state index is 5.76. The molecule has 0 amide bonds. The van der Waals surface area contributed by atoms with Crippen molar-refractivity contribution >= 4 is 23.7 Å². The largest absolute Gasteiger partial charge is 0.378 e.